The molecule has 1 fully saturated rings. The van der Waals surface area contributed by atoms with E-state index in [1.807, 2.05) is 0 Å². The number of hydrogen-bond donors (Lipinski definition) is 3. The van der Waals surface area contributed by atoms with Crippen molar-refractivity contribution in [3.63, 3.8) is 0 Å². The van der Waals surface area contributed by atoms with Gasteiger partial charge in [-0.25, -0.2) is 5.84 Å². The van der Waals surface area contributed by atoms with Crippen LogP contribution in [0.5, 0.6) is 0 Å². The number of nitrogens with zero attached hydrogens (tertiary/aromatic N) is 1. The minimum absolute atomic E-state index is 0.409. The first-order valence-corrected chi connectivity index (χ1v) is 6.23. The molecule has 16 heavy (non-hydrogen) atoms. The second kappa shape index (κ2) is 8.35. The molecule has 5 nitrogen and oxygen atoms in total. The van der Waals surface area contributed by atoms with E-state index in [0.717, 1.165) is 32.5 Å². The summed E-state index contributed by atoms with van der Waals surface area (Å²) in [4.78, 5) is 4.27. The molecule has 0 aromatic heterocycles. The van der Waals surface area contributed by atoms with Gasteiger partial charge >= 0.3 is 0 Å². The molecule has 0 aliphatic carbocycles. The Morgan fingerprint density at radius 2 is 2.38 bits per heavy atom. The lowest BCUT2D eigenvalue weighted by atomic mass is 10.1. The first-order valence-electron chi connectivity index (χ1n) is 6.23. The van der Waals surface area contributed by atoms with Crippen LogP contribution in [-0.4, -0.2) is 31.8 Å². The first-order chi connectivity index (χ1) is 7.86. The SMILES string of the molecule is CCCN=C(NN)NCCC1CCCCO1. The summed E-state index contributed by atoms with van der Waals surface area (Å²) in [7, 11) is 0. The van der Waals surface area contributed by atoms with Crippen molar-refractivity contribution in [2.45, 2.75) is 45.1 Å². The second-order valence-corrected chi connectivity index (χ2v) is 4.08. The van der Waals surface area contributed by atoms with Crippen LogP contribution in [0.2, 0.25) is 0 Å². The van der Waals surface area contributed by atoms with Gasteiger partial charge in [0.15, 0.2) is 0 Å². The van der Waals surface area contributed by atoms with Crippen LogP contribution in [0.15, 0.2) is 4.99 Å². The maximum Gasteiger partial charge on any atom is 0.205 e. The van der Waals surface area contributed by atoms with Gasteiger partial charge in [0.2, 0.25) is 5.96 Å². The first kappa shape index (κ1) is 13.3. The van der Waals surface area contributed by atoms with Gasteiger partial charge in [-0.05, 0) is 32.1 Å². The van der Waals surface area contributed by atoms with Gasteiger partial charge in [0.25, 0.3) is 0 Å². The average molecular weight is 228 g/mol. The summed E-state index contributed by atoms with van der Waals surface area (Å²) in [6.07, 6.45) is 6.13. The Bertz CT molecular complexity index is 202. The molecule has 5 heteroatoms. The van der Waals surface area contributed by atoms with Gasteiger partial charge in [0, 0.05) is 19.7 Å². The maximum atomic E-state index is 5.64. The number of hydrogen-bond acceptors (Lipinski definition) is 3. The second-order valence-electron chi connectivity index (χ2n) is 4.08. The van der Waals surface area contributed by atoms with Gasteiger partial charge in [-0.3, -0.25) is 10.4 Å². The predicted octanol–water partition coefficient (Wildman–Crippen LogP) is 0.764. The van der Waals surface area contributed by atoms with Crippen LogP contribution in [0, 0.1) is 0 Å². The van der Waals surface area contributed by atoms with Crippen LogP contribution in [-0.2, 0) is 4.74 Å². The summed E-state index contributed by atoms with van der Waals surface area (Å²) < 4.78 is 5.64. The molecule has 1 atom stereocenters. The van der Waals surface area contributed by atoms with Crippen molar-refractivity contribution < 1.29 is 4.74 Å². The third-order valence-corrected chi connectivity index (χ3v) is 2.66. The molecule has 0 bridgehead atoms. The largest absolute Gasteiger partial charge is 0.378 e. The standard InChI is InChI=1S/C11H24N4O/c1-2-7-13-11(15-12)14-8-6-10-5-3-4-9-16-10/h10H,2-9,12H2,1H3,(H2,13,14,15). The van der Waals surface area contributed by atoms with Crippen molar-refractivity contribution in [1.29, 1.82) is 0 Å². The molecule has 1 saturated heterocycles. The van der Waals surface area contributed by atoms with E-state index in [-0.39, 0.29) is 0 Å². The zero-order chi connectivity index (χ0) is 11.6. The van der Waals surface area contributed by atoms with Crippen LogP contribution in [0.3, 0.4) is 0 Å². The minimum atomic E-state index is 0.409. The number of rotatable bonds is 5. The molecule has 4 N–H and O–H groups in total. The van der Waals surface area contributed by atoms with Crippen LogP contribution in [0.4, 0.5) is 0 Å². The fourth-order valence-electron chi connectivity index (χ4n) is 1.76. The highest BCUT2D eigenvalue weighted by Gasteiger charge is 2.13. The highest BCUT2D eigenvalue weighted by atomic mass is 16.5. The average Bonchev–Trinajstić information content (AvgIpc) is 2.35. The summed E-state index contributed by atoms with van der Waals surface area (Å²) in [6.45, 7) is 4.66. The third-order valence-electron chi connectivity index (χ3n) is 2.66. The summed E-state index contributed by atoms with van der Waals surface area (Å²) in [5, 5.41) is 3.19. The number of nitrogens with two attached hydrogens (primary N) is 1. The Labute approximate surface area is 97.8 Å². The van der Waals surface area contributed by atoms with E-state index in [1.165, 1.54) is 19.3 Å². The van der Waals surface area contributed by atoms with Crippen molar-refractivity contribution in [2.24, 2.45) is 10.8 Å². The predicted molar refractivity (Wildman–Crippen MR) is 66.1 cm³/mol. The van der Waals surface area contributed by atoms with Gasteiger partial charge in [0.05, 0.1) is 6.10 Å². The molecular formula is C11H24N4O. The third kappa shape index (κ3) is 5.32. The van der Waals surface area contributed by atoms with E-state index in [1.54, 1.807) is 0 Å². The zero-order valence-corrected chi connectivity index (χ0v) is 10.2. The van der Waals surface area contributed by atoms with Gasteiger partial charge in [-0.2, -0.15) is 0 Å². The summed E-state index contributed by atoms with van der Waals surface area (Å²) >= 11 is 0. The number of hydrazine groups is 1. The van der Waals surface area contributed by atoms with E-state index in [9.17, 15) is 0 Å². The monoisotopic (exact) mass is 228 g/mol. The van der Waals surface area contributed by atoms with Crippen molar-refractivity contribution in [3.8, 4) is 0 Å². The molecule has 0 aromatic carbocycles. The topological polar surface area (TPSA) is 71.7 Å². The summed E-state index contributed by atoms with van der Waals surface area (Å²) in [6, 6.07) is 0. The van der Waals surface area contributed by atoms with Crippen molar-refractivity contribution in [1.82, 2.24) is 10.7 Å². The lowest BCUT2D eigenvalue weighted by Gasteiger charge is -2.22. The Morgan fingerprint density at radius 3 is 3.00 bits per heavy atom. The van der Waals surface area contributed by atoms with E-state index < -0.39 is 0 Å². The summed E-state index contributed by atoms with van der Waals surface area (Å²) in [5.41, 5.74) is 2.57. The van der Waals surface area contributed by atoms with Gasteiger partial charge < -0.3 is 10.1 Å². The van der Waals surface area contributed by atoms with E-state index in [0.29, 0.717) is 12.1 Å². The molecular weight excluding hydrogens is 204 g/mol. The maximum absolute atomic E-state index is 5.64. The van der Waals surface area contributed by atoms with Crippen LogP contribution in [0.1, 0.15) is 39.0 Å². The number of ether oxygens (including phenoxy) is 1. The lowest BCUT2D eigenvalue weighted by Crippen LogP contribution is -2.42. The van der Waals surface area contributed by atoms with Crippen molar-refractivity contribution >= 4 is 5.96 Å². The molecule has 0 spiro atoms. The highest BCUT2D eigenvalue weighted by Crippen LogP contribution is 2.14. The van der Waals surface area contributed by atoms with Crippen LogP contribution in [0.25, 0.3) is 0 Å². The smallest absolute Gasteiger partial charge is 0.205 e. The summed E-state index contributed by atoms with van der Waals surface area (Å²) in [5.74, 6) is 6.04. The molecule has 1 unspecified atom stereocenters. The molecule has 0 saturated carbocycles. The molecule has 1 heterocycles. The van der Waals surface area contributed by atoms with Crippen LogP contribution < -0.4 is 16.6 Å². The van der Waals surface area contributed by atoms with Gasteiger partial charge in [-0.1, -0.05) is 6.92 Å². The van der Waals surface area contributed by atoms with Crippen molar-refractivity contribution in [2.75, 3.05) is 19.7 Å². The number of guanidine groups is 1. The number of aliphatic imine (C=N–C) groups is 1. The minimum Gasteiger partial charge on any atom is -0.378 e. The van der Waals surface area contributed by atoms with E-state index >= 15 is 0 Å². The molecule has 0 radical (unpaired) electrons. The van der Waals surface area contributed by atoms with Crippen LogP contribution >= 0.6 is 0 Å². The molecule has 94 valence electrons. The molecule has 0 amide bonds. The highest BCUT2D eigenvalue weighted by molar-refractivity contribution is 5.79. The molecule has 1 rings (SSSR count). The Balaban J connectivity index is 2.12. The van der Waals surface area contributed by atoms with Gasteiger partial charge in [-0.15, -0.1) is 0 Å². The normalized spacial score (nSPS) is 21.9. The zero-order valence-electron chi connectivity index (χ0n) is 10.2. The molecule has 1 aliphatic heterocycles. The fourth-order valence-corrected chi connectivity index (χ4v) is 1.76. The number of nitrogens with one attached hydrogen (secondary N) is 2. The fraction of sp³-hybridized carbons (Fsp3) is 0.909. The Kier molecular flexibility index (Phi) is 6.92. The quantitative estimate of drug-likeness (QED) is 0.281. The molecule has 1 aliphatic rings. The van der Waals surface area contributed by atoms with Crippen molar-refractivity contribution in [3.05, 3.63) is 0 Å². The Hall–Kier alpha value is -0.810. The van der Waals surface area contributed by atoms with E-state index in [4.69, 9.17) is 10.6 Å². The van der Waals surface area contributed by atoms with E-state index in [2.05, 4.69) is 22.7 Å². The lowest BCUT2D eigenvalue weighted by molar-refractivity contribution is 0.0122. The van der Waals surface area contributed by atoms with Gasteiger partial charge in [0.1, 0.15) is 0 Å². The molecule has 0 aromatic rings. The Morgan fingerprint density at radius 1 is 1.50 bits per heavy atom.